The monoisotopic (exact) mass is 277 g/mol. The van der Waals surface area contributed by atoms with Crippen molar-refractivity contribution in [3.63, 3.8) is 0 Å². The fraction of sp³-hybridized carbons (Fsp3) is 1.00. The summed E-state index contributed by atoms with van der Waals surface area (Å²) in [5.41, 5.74) is 0. The minimum atomic E-state index is 0.453. The summed E-state index contributed by atoms with van der Waals surface area (Å²) in [6.45, 7) is 4.75. The van der Waals surface area contributed by atoms with Crippen LogP contribution in [-0.4, -0.2) is 30.2 Å². The Hall–Kier alpha value is 0.580. The minimum absolute atomic E-state index is 0.453. The van der Waals surface area contributed by atoms with Crippen molar-refractivity contribution in [2.45, 2.75) is 44.3 Å². The Bertz CT molecular complexity index is 223. The first-order chi connectivity index (χ1) is 8.28. The third kappa shape index (κ3) is 4.63. The van der Waals surface area contributed by atoms with Crippen molar-refractivity contribution in [1.82, 2.24) is 5.23 Å². The SMILES string of the molecule is CC1CCC(CN2OCCC(SS)CO2)CC1. The molecule has 1 aliphatic heterocycles. The molecule has 0 bridgehead atoms. The maximum absolute atomic E-state index is 5.68. The van der Waals surface area contributed by atoms with Crippen LogP contribution in [0.15, 0.2) is 0 Å². The second-order valence-electron chi connectivity index (χ2n) is 5.29. The summed E-state index contributed by atoms with van der Waals surface area (Å²) in [5, 5.41) is 2.18. The van der Waals surface area contributed by atoms with Crippen LogP contribution >= 0.6 is 22.5 Å². The average molecular weight is 277 g/mol. The second-order valence-corrected chi connectivity index (χ2v) is 6.80. The van der Waals surface area contributed by atoms with Crippen LogP contribution in [0.2, 0.25) is 0 Å². The number of rotatable bonds is 3. The van der Waals surface area contributed by atoms with Crippen LogP contribution in [0, 0.1) is 11.8 Å². The zero-order chi connectivity index (χ0) is 12.1. The van der Waals surface area contributed by atoms with E-state index in [4.69, 9.17) is 9.68 Å². The first kappa shape index (κ1) is 14.0. The lowest BCUT2D eigenvalue weighted by molar-refractivity contribution is -0.363. The van der Waals surface area contributed by atoms with Gasteiger partial charge in [-0.15, -0.1) is 11.7 Å². The average Bonchev–Trinajstić information content (AvgIpc) is 2.57. The number of nitrogens with zero attached hydrogens (tertiary/aromatic N) is 1. The van der Waals surface area contributed by atoms with Gasteiger partial charge in [-0.25, -0.2) is 0 Å². The molecular weight excluding hydrogens is 254 g/mol. The van der Waals surface area contributed by atoms with Crippen LogP contribution in [-0.2, 0) is 9.68 Å². The van der Waals surface area contributed by atoms with E-state index in [0.717, 1.165) is 38.0 Å². The van der Waals surface area contributed by atoms with Crippen molar-refractivity contribution in [3.8, 4) is 0 Å². The van der Waals surface area contributed by atoms with E-state index in [1.807, 2.05) is 0 Å². The van der Waals surface area contributed by atoms with Crippen molar-refractivity contribution in [2.24, 2.45) is 11.8 Å². The van der Waals surface area contributed by atoms with Crippen LogP contribution in [0.5, 0.6) is 0 Å². The first-order valence-electron chi connectivity index (χ1n) is 6.61. The van der Waals surface area contributed by atoms with Gasteiger partial charge < -0.3 is 0 Å². The predicted molar refractivity (Wildman–Crippen MR) is 74.7 cm³/mol. The Labute approximate surface area is 113 Å². The second kappa shape index (κ2) is 7.24. The Morgan fingerprint density at radius 2 is 1.94 bits per heavy atom. The van der Waals surface area contributed by atoms with Gasteiger partial charge in [0.15, 0.2) is 0 Å². The standard InChI is InChI=1S/C12H23NO2S2/c1-10-2-4-11(5-3-10)8-13-14-7-6-12(17-16)9-15-13/h10-12,16H,2-9H2,1H3. The fourth-order valence-corrected chi connectivity index (χ4v) is 3.31. The molecule has 1 saturated carbocycles. The Kier molecular flexibility index (Phi) is 5.96. The van der Waals surface area contributed by atoms with Crippen molar-refractivity contribution in [1.29, 1.82) is 0 Å². The molecule has 1 heterocycles. The van der Waals surface area contributed by atoms with Crippen LogP contribution in [0.25, 0.3) is 0 Å². The topological polar surface area (TPSA) is 21.7 Å². The maximum Gasteiger partial charge on any atom is 0.0839 e. The van der Waals surface area contributed by atoms with Crippen molar-refractivity contribution >= 4 is 22.5 Å². The van der Waals surface area contributed by atoms with E-state index < -0.39 is 0 Å². The van der Waals surface area contributed by atoms with Crippen LogP contribution in [0.3, 0.4) is 0 Å². The Morgan fingerprint density at radius 3 is 2.65 bits per heavy atom. The van der Waals surface area contributed by atoms with Gasteiger partial charge in [0.2, 0.25) is 0 Å². The van der Waals surface area contributed by atoms with E-state index >= 15 is 0 Å². The largest absolute Gasteiger partial charge is 0.274 e. The number of thiol groups is 1. The molecule has 0 radical (unpaired) electrons. The molecule has 100 valence electrons. The van der Waals surface area contributed by atoms with E-state index in [1.165, 1.54) is 25.7 Å². The highest BCUT2D eigenvalue weighted by Crippen LogP contribution is 2.29. The van der Waals surface area contributed by atoms with Crippen LogP contribution in [0.1, 0.15) is 39.0 Å². The molecule has 0 spiro atoms. The molecule has 2 aliphatic rings. The van der Waals surface area contributed by atoms with Crippen LogP contribution < -0.4 is 0 Å². The molecule has 17 heavy (non-hydrogen) atoms. The van der Waals surface area contributed by atoms with Gasteiger partial charge in [0, 0.05) is 5.25 Å². The molecule has 3 nitrogen and oxygen atoms in total. The molecule has 1 aliphatic carbocycles. The van der Waals surface area contributed by atoms with Gasteiger partial charge >= 0.3 is 0 Å². The molecule has 1 unspecified atom stereocenters. The normalized spacial score (nSPS) is 36.7. The Balaban J connectivity index is 1.71. The summed E-state index contributed by atoms with van der Waals surface area (Å²) in [5.74, 6) is 1.65. The molecule has 0 N–H and O–H groups in total. The molecule has 0 amide bonds. The molecule has 2 rings (SSSR count). The zero-order valence-corrected chi connectivity index (χ0v) is 12.2. The lowest BCUT2D eigenvalue weighted by atomic mass is 9.83. The van der Waals surface area contributed by atoms with Gasteiger partial charge in [-0.1, -0.05) is 35.8 Å². The van der Waals surface area contributed by atoms with Crippen molar-refractivity contribution < 1.29 is 9.68 Å². The molecular formula is C12H23NO2S2. The summed E-state index contributed by atoms with van der Waals surface area (Å²) in [6.07, 6.45) is 6.36. The van der Waals surface area contributed by atoms with Gasteiger partial charge in [-0.3, -0.25) is 9.68 Å². The third-order valence-electron chi connectivity index (χ3n) is 3.77. The highest BCUT2D eigenvalue weighted by molar-refractivity contribution is 8.68. The lowest BCUT2D eigenvalue weighted by Gasteiger charge is -2.29. The van der Waals surface area contributed by atoms with E-state index in [1.54, 1.807) is 16.0 Å². The maximum atomic E-state index is 5.68. The molecule has 0 aromatic carbocycles. The van der Waals surface area contributed by atoms with Gasteiger partial charge in [0.25, 0.3) is 0 Å². The highest BCUT2D eigenvalue weighted by atomic mass is 33.1. The van der Waals surface area contributed by atoms with Crippen molar-refractivity contribution in [3.05, 3.63) is 0 Å². The summed E-state index contributed by atoms with van der Waals surface area (Å²) in [4.78, 5) is 11.3. The number of hydrogen-bond acceptors (Lipinski definition) is 5. The first-order valence-corrected chi connectivity index (χ1v) is 8.54. The van der Waals surface area contributed by atoms with E-state index in [9.17, 15) is 0 Å². The summed E-state index contributed by atoms with van der Waals surface area (Å²) < 4.78 is 0. The molecule has 5 heteroatoms. The van der Waals surface area contributed by atoms with Crippen LogP contribution in [0.4, 0.5) is 0 Å². The van der Waals surface area contributed by atoms with E-state index in [0.29, 0.717) is 5.25 Å². The van der Waals surface area contributed by atoms with E-state index in [-0.39, 0.29) is 0 Å². The lowest BCUT2D eigenvalue weighted by Crippen LogP contribution is -2.31. The molecule has 1 saturated heterocycles. The van der Waals surface area contributed by atoms with Gasteiger partial charge in [0.05, 0.1) is 19.8 Å². The number of hydroxylamine groups is 2. The molecule has 2 fully saturated rings. The predicted octanol–water partition coefficient (Wildman–Crippen LogP) is 3.33. The zero-order valence-electron chi connectivity index (χ0n) is 10.5. The molecule has 0 aromatic heterocycles. The number of hydrogen-bond donors (Lipinski definition) is 1. The third-order valence-corrected chi connectivity index (χ3v) is 5.34. The fourth-order valence-electron chi connectivity index (χ4n) is 2.48. The van der Waals surface area contributed by atoms with Gasteiger partial charge in [-0.05, 0) is 31.1 Å². The molecule has 0 aromatic rings. The minimum Gasteiger partial charge on any atom is -0.274 e. The Morgan fingerprint density at radius 1 is 1.18 bits per heavy atom. The molecule has 1 atom stereocenters. The summed E-state index contributed by atoms with van der Waals surface area (Å²) >= 11 is 4.24. The highest BCUT2D eigenvalue weighted by Gasteiger charge is 2.24. The smallest absolute Gasteiger partial charge is 0.0839 e. The quantitative estimate of drug-likeness (QED) is 0.631. The van der Waals surface area contributed by atoms with Gasteiger partial charge in [0.1, 0.15) is 0 Å². The summed E-state index contributed by atoms with van der Waals surface area (Å²) in [7, 11) is 1.57. The van der Waals surface area contributed by atoms with Crippen molar-refractivity contribution in [2.75, 3.05) is 19.8 Å². The van der Waals surface area contributed by atoms with E-state index in [2.05, 4.69) is 18.6 Å². The van der Waals surface area contributed by atoms with Gasteiger partial charge in [-0.2, -0.15) is 0 Å². The summed E-state index contributed by atoms with van der Waals surface area (Å²) in [6, 6.07) is 0.